The number of nitrogens with one attached hydrogen (secondary N) is 1. The van der Waals surface area contributed by atoms with Crippen LogP contribution in [0.5, 0.6) is 0 Å². The summed E-state index contributed by atoms with van der Waals surface area (Å²) < 4.78 is 5.13. The lowest BCUT2D eigenvalue weighted by Gasteiger charge is -2.18. The van der Waals surface area contributed by atoms with Crippen LogP contribution in [0, 0.1) is 11.8 Å². The molecular formula is C7H9NO3. The SMILES string of the molecule is O=C(O)C#CC1CNCCO1. The van der Waals surface area contributed by atoms with Gasteiger partial charge in [-0.3, -0.25) is 0 Å². The van der Waals surface area contributed by atoms with Crippen molar-refractivity contribution in [3.63, 3.8) is 0 Å². The van der Waals surface area contributed by atoms with Crippen molar-refractivity contribution in [3.8, 4) is 11.8 Å². The third-order valence-corrected chi connectivity index (χ3v) is 1.27. The van der Waals surface area contributed by atoms with Crippen molar-refractivity contribution < 1.29 is 14.6 Å². The van der Waals surface area contributed by atoms with E-state index in [9.17, 15) is 4.79 Å². The Hall–Kier alpha value is -1.05. The number of carboxylic acids is 1. The van der Waals surface area contributed by atoms with Gasteiger partial charge in [-0.2, -0.15) is 0 Å². The molecule has 4 heteroatoms. The van der Waals surface area contributed by atoms with E-state index in [-0.39, 0.29) is 6.10 Å². The van der Waals surface area contributed by atoms with Gasteiger partial charge in [-0.05, 0) is 0 Å². The van der Waals surface area contributed by atoms with Crippen LogP contribution in [0.3, 0.4) is 0 Å². The Labute approximate surface area is 64.5 Å². The molecule has 0 amide bonds. The summed E-state index contributed by atoms with van der Waals surface area (Å²) in [5, 5.41) is 11.2. The van der Waals surface area contributed by atoms with Gasteiger partial charge >= 0.3 is 5.97 Å². The molecule has 2 N–H and O–H groups in total. The summed E-state index contributed by atoms with van der Waals surface area (Å²) in [6, 6.07) is 0. The Morgan fingerprint density at radius 3 is 3.09 bits per heavy atom. The molecule has 0 aliphatic carbocycles. The molecule has 0 bridgehead atoms. The zero-order chi connectivity index (χ0) is 8.10. The van der Waals surface area contributed by atoms with Crippen LogP contribution in [-0.2, 0) is 9.53 Å². The van der Waals surface area contributed by atoms with Crippen LogP contribution in [0.25, 0.3) is 0 Å². The molecule has 1 unspecified atom stereocenters. The Balaban J connectivity index is 2.36. The first-order valence-corrected chi connectivity index (χ1v) is 3.36. The molecule has 0 saturated carbocycles. The molecule has 1 aliphatic heterocycles. The van der Waals surface area contributed by atoms with Gasteiger partial charge in [0, 0.05) is 19.0 Å². The van der Waals surface area contributed by atoms with Crippen LogP contribution in [0.15, 0.2) is 0 Å². The van der Waals surface area contributed by atoms with Crippen molar-refractivity contribution in [2.45, 2.75) is 6.10 Å². The lowest BCUT2D eigenvalue weighted by molar-refractivity contribution is -0.130. The van der Waals surface area contributed by atoms with Crippen LogP contribution in [0.1, 0.15) is 0 Å². The van der Waals surface area contributed by atoms with Gasteiger partial charge in [-0.25, -0.2) is 4.79 Å². The molecule has 1 saturated heterocycles. The second-order valence-corrected chi connectivity index (χ2v) is 2.14. The van der Waals surface area contributed by atoms with Gasteiger partial charge in [0.05, 0.1) is 6.61 Å². The zero-order valence-electron chi connectivity index (χ0n) is 5.96. The molecule has 1 aliphatic rings. The third kappa shape index (κ3) is 3.03. The maximum absolute atomic E-state index is 9.99. The average Bonchev–Trinajstić information content (AvgIpc) is 2.03. The van der Waals surface area contributed by atoms with Crippen molar-refractivity contribution in [2.24, 2.45) is 0 Å². The molecule has 0 spiro atoms. The fraction of sp³-hybridized carbons (Fsp3) is 0.571. The molecule has 11 heavy (non-hydrogen) atoms. The van der Waals surface area contributed by atoms with E-state index >= 15 is 0 Å². The number of hydrogen-bond donors (Lipinski definition) is 2. The number of hydrogen-bond acceptors (Lipinski definition) is 3. The Morgan fingerprint density at radius 2 is 2.55 bits per heavy atom. The number of carboxylic acid groups (broad SMARTS) is 1. The summed E-state index contributed by atoms with van der Waals surface area (Å²) in [5.74, 6) is 3.39. The monoisotopic (exact) mass is 155 g/mol. The highest BCUT2D eigenvalue weighted by Gasteiger charge is 2.09. The first kappa shape index (κ1) is 8.05. The first-order chi connectivity index (χ1) is 5.29. The molecule has 1 fully saturated rings. The Kier molecular flexibility index (Phi) is 2.90. The van der Waals surface area contributed by atoms with Crippen LogP contribution in [-0.4, -0.2) is 36.9 Å². The van der Waals surface area contributed by atoms with E-state index in [0.717, 1.165) is 6.54 Å². The van der Waals surface area contributed by atoms with Crippen LogP contribution in [0.2, 0.25) is 0 Å². The molecular weight excluding hydrogens is 146 g/mol. The molecule has 0 aromatic heterocycles. The minimum atomic E-state index is -1.11. The molecule has 1 heterocycles. The number of morpholine rings is 1. The molecule has 60 valence electrons. The summed E-state index contributed by atoms with van der Waals surface area (Å²) in [6.45, 7) is 2.02. The molecule has 1 rings (SSSR count). The van der Waals surface area contributed by atoms with E-state index in [2.05, 4.69) is 11.2 Å². The Bertz CT molecular complexity index is 197. The highest BCUT2D eigenvalue weighted by atomic mass is 16.5. The fourth-order valence-corrected chi connectivity index (χ4v) is 0.800. The maximum Gasteiger partial charge on any atom is 0.381 e. The van der Waals surface area contributed by atoms with E-state index in [4.69, 9.17) is 9.84 Å². The van der Waals surface area contributed by atoms with Crippen LogP contribution in [0.4, 0.5) is 0 Å². The number of aliphatic carboxylic acids is 1. The van der Waals surface area contributed by atoms with Gasteiger partial charge in [-0.1, -0.05) is 5.92 Å². The van der Waals surface area contributed by atoms with Gasteiger partial charge in [0.15, 0.2) is 0 Å². The fourth-order valence-electron chi connectivity index (χ4n) is 0.800. The zero-order valence-corrected chi connectivity index (χ0v) is 5.96. The van der Waals surface area contributed by atoms with Gasteiger partial charge in [-0.15, -0.1) is 0 Å². The lowest BCUT2D eigenvalue weighted by Crippen LogP contribution is -2.37. The van der Waals surface area contributed by atoms with E-state index in [1.807, 2.05) is 5.92 Å². The highest BCUT2D eigenvalue weighted by molar-refractivity contribution is 5.86. The van der Waals surface area contributed by atoms with E-state index < -0.39 is 5.97 Å². The van der Waals surface area contributed by atoms with E-state index in [1.54, 1.807) is 0 Å². The average molecular weight is 155 g/mol. The topological polar surface area (TPSA) is 58.6 Å². The van der Waals surface area contributed by atoms with Crippen LogP contribution >= 0.6 is 0 Å². The van der Waals surface area contributed by atoms with Crippen molar-refractivity contribution in [1.82, 2.24) is 5.32 Å². The van der Waals surface area contributed by atoms with Gasteiger partial charge < -0.3 is 15.2 Å². The van der Waals surface area contributed by atoms with Crippen molar-refractivity contribution in [1.29, 1.82) is 0 Å². The highest BCUT2D eigenvalue weighted by Crippen LogP contribution is 1.92. The van der Waals surface area contributed by atoms with E-state index in [0.29, 0.717) is 13.2 Å². The summed E-state index contributed by atoms with van der Waals surface area (Å²) in [5.41, 5.74) is 0. The van der Waals surface area contributed by atoms with E-state index in [1.165, 1.54) is 0 Å². The minimum Gasteiger partial charge on any atom is -0.472 e. The maximum atomic E-state index is 9.99. The largest absolute Gasteiger partial charge is 0.472 e. The summed E-state index contributed by atoms with van der Waals surface area (Å²) in [7, 11) is 0. The quantitative estimate of drug-likeness (QED) is 0.443. The van der Waals surface area contributed by atoms with Gasteiger partial charge in [0.1, 0.15) is 6.10 Å². The van der Waals surface area contributed by atoms with Gasteiger partial charge in [0.25, 0.3) is 0 Å². The predicted molar refractivity (Wildman–Crippen MR) is 38.0 cm³/mol. The minimum absolute atomic E-state index is 0.264. The molecule has 4 nitrogen and oxygen atoms in total. The van der Waals surface area contributed by atoms with Crippen molar-refractivity contribution >= 4 is 5.97 Å². The second kappa shape index (κ2) is 3.96. The van der Waals surface area contributed by atoms with Gasteiger partial charge in [0.2, 0.25) is 0 Å². The number of carbonyl (C=O) groups is 1. The molecule has 0 aromatic rings. The summed E-state index contributed by atoms with van der Waals surface area (Å²) in [4.78, 5) is 9.99. The third-order valence-electron chi connectivity index (χ3n) is 1.27. The molecule has 0 radical (unpaired) electrons. The molecule has 1 atom stereocenters. The predicted octanol–water partition coefficient (Wildman–Crippen LogP) is -0.937. The smallest absolute Gasteiger partial charge is 0.381 e. The van der Waals surface area contributed by atoms with Crippen LogP contribution < -0.4 is 5.32 Å². The lowest BCUT2D eigenvalue weighted by atomic mass is 10.3. The normalized spacial score (nSPS) is 23.5. The Morgan fingerprint density at radius 1 is 1.73 bits per heavy atom. The number of rotatable bonds is 0. The first-order valence-electron chi connectivity index (χ1n) is 3.36. The second-order valence-electron chi connectivity index (χ2n) is 2.14. The summed E-state index contributed by atoms with van der Waals surface area (Å²) in [6.07, 6.45) is -0.264. The van der Waals surface area contributed by atoms with Crippen molar-refractivity contribution in [3.05, 3.63) is 0 Å². The standard InChI is InChI=1S/C7H9NO3/c9-7(10)2-1-6-5-8-3-4-11-6/h6,8H,3-5H2,(H,9,10). The number of ether oxygens (including phenoxy) is 1. The molecule has 0 aromatic carbocycles. The van der Waals surface area contributed by atoms with Crippen molar-refractivity contribution in [2.75, 3.05) is 19.7 Å². The summed E-state index contributed by atoms with van der Waals surface area (Å²) >= 11 is 0.